The Bertz CT molecular complexity index is 586. The van der Waals surface area contributed by atoms with Crippen LogP contribution in [0.5, 0.6) is 0 Å². The van der Waals surface area contributed by atoms with Crippen LogP contribution in [0.3, 0.4) is 0 Å². The number of nitrogens with zero attached hydrogens (tertiary/aromatic N) is 2. The molecule has 0 saturated carbocycles. The van der Waals surface area contributed by atoms with Crippen molar-refractivity contribution in [1.29, 1.82) is 0 Å². The first-order valence-corrected chi connectivity index (χ1v) is 5.83. The molecule has 0 bridgehead atoms. The van der Waals surface area contributed by atoms with Gasteiger partial charge in [0.25, 0.3) is 0 Å². The van der Waals surface area contributed by atoms with Crippen molar-refractivity contribution in [1.82, 2.24) is 14.2 Å². The Hall–Kier alpha value is -1.76. The summed E-state index contributed by atoms with van der Waals surface area (Å²) in [6, 6.07) is 9.52. The van der Waals surface area contributed by atoms with Gasteiger partial charge < -0.3 is 4.42 Å². The highest BCUT2D eigenvalue weighted by Crippen LogP contribution is 2.26. The summed E-state index contributed by atoms with van der Waals surface area (Å²) >= 11 is 1.15. The minimum Gasteiger partial charge on any atom is -0.459 e. The number of aromatic nitrogens is 2. The van der Waals surface area contributed by atoms with Crippen molar-refractivity contribution in [3.63, 3.8) is 0 Å². The molecule has 1 aromatic carbocycles. The van der Waals surface area contributed by atoms with Crippen LogP contribution in [-0.2, 0) is 0 Å². The van der Waals surface area contributed by atoms with Crippen molar-refractivity contribution < 1.29 is 4.42 Å². The fourth-order valence-electron chi connectivity index (χ4n) is 1.76. The molecule has 5 nitrogen and oxygen atoms in total. The third kappa shape index (κ3) is 1.82. The van der Waals surface area contributed by atoms with E-state index >= 15 is 0 Å². The largest absolute Gasteiger partial charge is 0.459 e. The van der Waals surface area contributed by atoms with Gasteiger partial charge in [-0.2, -0.15) is 8.75 Å². The zero-order valence-corrected chi connectivity index (χ0v) is 9.65. The van der Waals surface area contributed by atoms with Crippen molar-refractivity contribution in [3.8, 4) is 0 Å². The lowest BCUT2D eigenvalue weighted by Crippen LogP contribution is -2.28. The number of furan rings is 1. The maximum atomic E-state index is 5.74. The molecule has 0 amide bonds. The molecule has 2 heterocycles. The molecule has 6 heteroatoms. The number of nitrogens with two attached hydrogens (primary N) is 1. The van der Waals surface area contributed by atoms with E-state index in [0.29, 0.717) is 0 Å². The molecular weight excluding hydrogens is 236 g/mol. The molecule has 17 heavy (non-hydrogen) atoms. The zero-order valence-electron chi connectivity index (χ0n) is 8.83. The van der Waals surface area contributed by atoms with Crippen LogP contribution in [0.25, 0.3) is 11.0 Å². The quantitative estimate of drug-likeness (QED) is 0.544. The summed E-state index contributed by atoms with van der Waals surface area (Å²) < 4.78 is 13.9. The van der Waals surface area contributed by atoms with Gasteiger partial charge in [-0.1, -0.05) is 18.2 Å². The minimum atomic E-state index is -0.263. The van der Waals surface area contributed by atoms with Crippen LogP contribution in [0.2, 0.25) is 0 Å². The molecule has 0 radical (unpaired) electrons. The second-order valence-electron chi connectivity index (χ2n) is 3.62. The summed E-state index contributed by atoms with van der Waals surface area (Å²) in [7, 11) is 0. The number of para-hydroxylation sites is 1. The maximum Gasteiger partial charge on any atom is 0.134 e. The summed E-state index contributed by atoms with van der Waals surface area (Å²) in [5.41, 5.74) is 4.29. The average Bonchev–Trinajstić information content (AvgIpc) is 2.98. The molecule has 86 valence electrons. The van der Waals surface area contributed by atoms with Crippen LogP contribution in [-0.4, -0.2) is 8.75 Å². The molecule has 0 aliphatic heterocycles. The molecule has 3 rings (SSSR count). The number of rotatable bonds is 3. The Kier molecular flexibility index (Phi) is 2.60. The van der Waals surface area contributed by atoms with E-state index < -0.39 is 0 Å². The second kappa shape index (κ2) is 4.25. The van der Waals surface area contributed by atoms with Crippen molar-refractivity contribution >= 4 is 22.7 Å². The van der Waals surface area contributed by atoms with Crippen molar-refractivity contribution in [2.24, 2.45) is 5.84 Å². The van der Waals surface area contributed by atoms with Crippen LogP contribution >= 0.6 is 11.7 Å². The molecule has 0 aliphatic rings. The third-order valence-electron chi connectivity index (χ3n) is 2.57. The van der Waals surface area contributed by atoms with E-state index in [2.05, 4.69) is 14.2 Å². The smallest absolute Gasteiger partial charge is 0.134 e. The molecule has 0 saturated heterocycles. The summed E-state index contributed by atoms with van der Waals surface area (Å²) in [5, 5.41) is 1.05. The fraction of sp³-hybridized carbons (Fsp3) is 0.0909. The van der Waals surface area contributed by atoms with Crippen LogP contribution < -0.4 is 11.3 Å². The molecule has 1 unspecified atom stereocenters. The fourth-order valence-corrected chi connectivity index (χ4v) is 2.21. The molecular formula is C11H10N4OS. The van der Waals surface area contributed by atoms with Gasteiger partial charge >= 0.3 is 0 Å². The lowest BCUT2D eigenvalue weighted by atomic mass is 10.1. The molecule has 1 atom stereocenters. The lowest BCUT2D eigenvalue weighted by Gasteiger charge is -2.08. The minimum absolute atomic E-state index is 0.263. The summed E-state index contributed by atoms with van der Waals surface area (Å²) in [5.74, 6) is 6.28. The van der Waals surface area contributed by atoms with Crippen molar-refractivity contribution in [2.45, 2.75) is 6.04 Å². The molecule has 0 spiro atoms. The van der Waals surface area contributed by atoms with Gasteiger partial charge in [-0.3, -0.25) is 5.84 Å². The van der Waals surface area contributed by atoms with Gasteiger partial charge in [-0.25, -0.2) is 5.43 Å². The predicted molar refractivity (Wildman–Crippen MR) is 65.3 cm³/mol. The number of nitrogens with one attached hydrogen (secondary N) is 1. The zero-order chi connectivity index (χ0) is 11.7. The highest BCUT2D eigenvalue weighted by atomic mass is 32.1. The Morgan fingerprint density at radius 1 is 1.35 bits per heavy atom. The predicted octanol–water partition coefficient (Wildman–Crippen LogP) is 1.84. The van der Waals surface area contributed by atoms with E-state index in [1.165, 1.54) is 0 Å². The SMILES string of the molecule is NNC(c1cnsn1)c1cc2ccccc2o1. The Morgan fingerprint density at radius 3 is 2.94 bits per heavy atom. The molecule has 2 aromatic heterocycles. The van der Waals surface area contributed by atoms with Crippen LogP contribution in [0, 0.1) is 0 Å². The second-order valence-corrected chi connectivity index (χ2v) is 4.18. The first-order chi connectivity index (χ1) is 8.38. The number of hydrogen-bond donors (Lipinski definition) is 2. The van der Waals surface area contributed by atoms with Crippen LogP contribution in [0.4, 0.5) is 0 Å². The highest BCUT2D eigenvalue weighted by molar-refractivity contribution is 6.99. The first-order valence-electron chi connectivity index (χ1n) is 5.10. The Labute approximate surface area is 102 Å². The Balaban J connectivity index is 2.07. The normalized spacial score (nSPS) is 13.0. The molecule has 3 aromatic rings. The van der Waals surface area contributed by atoms with E-state index in [-0.39, 0.29) is 6.04 Å². The van der Waals surface area contributed by atoms with Crippen molar-refractivity contribution in [2.75, 3.05) is 0 Å². The monoisotopic (exact) mass is 246 g/mol. The van der Waals surface area contributed by atoms with Crippen LogP contribution in [0.15, 0.2) is 40.9 Å². The van der Waals surface area contributed by atoms with E-state index in [9.17, 15) is 0 Å². The van der Waals surface area contributed by atoms with E-state index in [0.717, 1.165) is 34.2 Å². The van der Waals surface area contributed by atoms with Crippen molar-refractivity contribution in [3.05, 3.63) is 48.0 Å². The number of fused-ring (bicyclic) bond motifs is 1. The summed E-state index contributed by atoms with van der Waals surface area (Å²) in [4.78, 5) is 0. The summed E-state index contributed by atoms with van der Waals surface area (Å²) in [6.45, 7) is 0. The van der Waals surface area contributed by atoms with Gasteiger partial charge in [0.05, 0.1) is 17.9 Å². The van der Waals surface area contributed by atoms with Gasteiger partial charge in [0.15, 0.2) is 0 Å². The number of benzene rings is 1. The molecule has 0 fully saturated rings. The maximum absolute atomic E-state index is 5.74. The van der Waals surface area contributed by atoms with Gasteiger partial charge in [0.1, 0.15) is 23.1 Å². The van der Waals surface area contributed by atoms with Gasteiger partial charge in [0, 0.05) is 5.39 Å². The van der Waals surface area contributed by atoms with Gasteiger partial charge in [0.2, 0.25) is 0 Å². The first kappa shape index (κ1) is 10.4. The molecule has 3 N–H and O–H groups in total. The highest BCUT2D eigenvalue weighted by Gasteiger charge is 2.19. The average molecular weight is 246 g/mol. The standard InChI is InChI=1S/C11H10N4OS/c12-14-11(8-6-13-17-15-8)10-5-7-3-1-2-4-9(7)16-10/h1-6,11,14H,12H2. The number of hydrogen-bond acceptors (Lipinski definition) is 6. The number of hydrazine groups is 1. The Morgan fingerprint density at radius 2 is 2.24 bits per heavy atom. The van der Waals surface area contributed by atoms with Crippen LogP contribution in [0.1, 0.15) is 17.5 Å². The van der Waals surface area contributed by atoms with E-state index in [4.69, 9.17) is 10.3 Å². The molecule has 0 aliphatic carbocycles. The third-order valence-corrected chi connectivity index (χ3v) is 3.06. The summed E-state index contributed by atoms with van der Waals surface area (Å²) in [6.07, 6.45) is 1.68. The lowest BCUT2D eigenvalue weighted by molar-refractivity contribution is 0.473. The van der Waals surface area contributed by atoms with Gasteiger partial charge in [-0.15, -0.1) is 0 Å². The van der Waals surface area contributed by atoms with E-state index in [1.54, 1.807) is 6.20 Å². The van der Waals surface area contributed by atoms with E-state index in [1.807, 2.05) is 30.3 Å². The van der Waals surface area contributed by atoms with Gasteiger partial charge in [-0.05, 0) is 12.1 Å². The topological polar surface area (TPSA) is 77.0 Å².